The zero-order chi connectivity index (χ0) is 15.6. The van der Waals surface area contributed by atoms with Gasteiger partial charge in [-0.15, -0.1) is 0 Å². The summed E-state index contributed by atoms with van der Waals surface area (Å²) in [5.74, 6) is 0.0214. The molecular formula is C16H16BrNO3. The van der Waals surface area contributed by atoms with Crippen molar-refractivity contribution >= 4 is 27.5 Å². The number of nitrogens with one attached hydrogen (secondary N) is 1. The fourth-order valence-corrected chi connectivity index (χ4v) is 2.28. The van der Waals surface area contributed by atoms with Gasteiger partial charge < -0.3 is 15.2 Å². The van der Waals surface area contributed by atoms with Gasteiger partial charge in [0.1, 0.15) is 11.5 Å². The van der Waals surface area contributed by atoms with Crippen molar-refractivity contribution in [3.05, 3.63) is 51.5 Å². The lowest BCUT2D eigenvalue weighted by Gasteiger charge is -2.11. The number of halogens is 1. The van der Waals surface area contributed by atoms with E-state index in [9.17, 15) is 9.90 Å². The molecule has 0 saturated heterocycles. The highest BCUT2D eigenvalue weighted by Gasteiger charge is 2.13. The molecule has 0 aliphatic carbocycles. The van der Waals surface area contributed by atoms with Crippen LogP contribution in [-0.4, -0.2) is 18.1 Å². The number of phenolic OH excluding ortho intramolecular Hbond substituents is 1. The highest BCUT2D eigenvalue weighted by atomic mass is 79.9. The summed E-state index contributed by atoms with van der Waals surface area (Å²) < 4.78 is 6.02. The molecule has 0 heterocycles. The van der Waals surface area contributed by atoms with E-state index in [0.29, 0.717) is 11.4 Å². The molecule has 0 spiro atoms. The Morgan fingerprint density at radius 2 is 1.81 bits per heavy atom. The van der Waals surface area contributed by atoms with Crippen molar-refractivity contribution in [2.45, 2.75) is 13.8 Å². The molecule has 0 saturated carbocycles. The summed E-state index contributed by atoms with van der Waals surface area (Å²) in [5.41, 5.74) is 2.95. The highest BCUT2D eigenvalue weighted by Crippen LogP contribution is 2.27. The summed E-state index contributed by atoms with van der Waals surface area (Å²) >= 11 is 3.49. The molecule has 1 amide bonds. The van der Waals surface area contributed by atoms with E-state index < -0.39 is 0 Å². The minimum atomic E-state index is -0.365. The number of aromatic hydroxyl groups is 1. The third-order valence-electron chi connectivity index (χ3n) is 3.14. The molecule has 21 heavy (non-hydrogen) atoms. The van der Waals surface area contributed by atoms with Crippen LogP contribution in [0.5, 0.6) is 11.5 Å². The molecule has 2 aromatic rings. The minimum absolute atomic E-state index is 0.114. The Morgan fingerprint density at radius 3 is 2.33 bits per heavy atom. The molecule has 4 nitrogen and oxygen atoms in total. The van der Waals surface area contributed by atoms with Crippen LogP contribution in [0.4, 0.5) is 5.69 Å². The van der Waals surface area contributed by atoms with Crippen molar-refractivity contribution < 1.29 is 14.6 Å². The van der Waals surface area contributed by atoms with Gasteiger partial charge in [0.15, 0.2) is 0 Å². The molecule has 0 fully saturated rings. The van der Waals surface area contributed by atoms with E-state index >= 15 is 0 Å². The lowest BCUT2D eigenvalue weighted by atomic mass is 10.1. The number of phenols is 1. The second kappa shape index (κ2) is 6.18. The number of hydrogen-bond donors (Lipinski definition) is 2. The standard InChI is InChI=1S/C16H16BrNO3/c1-9-6-11(7-10(2)15(9)17)18-16(20)13-5-4-12(21-3)8-14(13)19/h4-8,19H,1-3H3,(H,18,20). The monoisotopic (exact) mass is 349 g/mol. The van der Waals surface area contributed by atoms with Crippen LogP contribution in [-0.2, 0) is 0 Å². The first-order chi connectivity index (χ1) is 9.92. The lowest BCUT2D eigenvalue weighted by molar-refractivity contribution is 0.102. The van der Waals surface area contributed by atoms with Crippen LogP contribution < -0.4 is 10.1 Å². The first-order valence-corrected chi connectivity index (χ1v) is 7.16. The summed E-state index contributed by atoms with van der Waals surface area (Å²) in [6.45, 7) is 3.91. The van der Waals surface area contributed by atoms with Gasteiger partial charge >= 0.3 is 0 Å². The number of amides is 1. The van der Waals surface area contributed by atoms with Gasteiger partial charge in [0.05, 0.1) is 12.7 Å². The van der Waals surface area contributed by atoms with Crippen molar-refractivity contribution in [3.63, 3.8) is 0 Å². The summed E-state index contributed by atoms with van der Waals surface area (Å²) in [4.78, 5) is 12.2. The van der Waals surface area contributed by atoms with Crippen LogP contribution in [0.1, 0.15) is 21.5 Å². The summed E-state index contributed by atoms with van der Waals surface area (Å²) in [6.07, 6.45) is 0. The molecule has 0 atom stereocenters. The van der Waals surface area contributed by atoms with E-state index in [-0.39, 0.29) is 17.2 Å². The fourth-order valence-electron chi connectivity index (χ4n) is 2.05. The van der Waals surface area contributed by atoms with Crippen LogP contribution >= 0.6 is 15.9 Å². The Hall–Kier alpha value is -2.01. The average Bonchev–Trinajstić information content (AvgIpc) is 2.44. The van der Waals surface area contributed by atoms with Gasteiger partial charge in [-0.1, -0.05) is 15.9 Å². The van der Waals surface area contributed by atoms with Gasteiger partial charge in [-0.2, -0.15) is 0 Å². The second-order valence-electron chi connectivity index (χ2n) is 4.76. The molecule has 0 aromatic heterocycles. The molecule has 2 rings (SSSR count). The van der Waals surface area contributed by atoms with Crippen molar-refractivity contribution in [2.24, 2.45) is 0 Å². The van der Waals surface area contributed by atoms with Crippen molar-refractivity contribution in [3.8, 4) is 11.5 Å². The molecular weight excluding hydrogens is 334 g/mol. The zero-order valence-electron chi connectivity index (χ0n) is 12.0. The number of carbonyl (C=O) groups excluding carboxylic acids is 1. The van der Waals surface area contributed by atoms with E-state index in [1.54, 1.807) is 6.07 Å². The maximum absolute atomic E-state index is 12.2. The smallest absolute Gasteiger partial charge is 0.259 e. The Morgan fingerprint density at radius 1 is 1.19 bits per heavy atom. The predicted molar refractivity (Wildman–Crippen MR) is 86.2 cm³/mol. The van der Waals surface area contributed by atoms with E-state index in [1.165, 1.54) is 19.2 Å². The second-order valence-corrected chi connectivity index (χ2v) is 5.55. The number of carbonyl (C=O) groups is 1. The summed E-state index contributed by atoms with van der Waals surface area (Å²) in [7, 11) is 1.50. The van der Waals surface area contributed by atoms with E-state index in [0.717, 1.165) is 15.6 Å². The number of methoxy groups -OCH3 is 1. The van der Waals surface area contributed by atoms with Gasteiger partial charge in [-0.3, -0.25) is 4.79 Å². The van der Waals surface area contributed by atoms with Gasteiger partial charge in [0, 0.05) is 16.2 Å². The van der Waals surface area contributed by atoms with Crippen LogP contribution in [0.3, 0.4) is 0 Å². The zero-order valence-corrected chi connectivity index (χ0v) is 13.6. The maximum Gasteiger partial charge on any atom is 0.259 e. The largest absolute Gasteiger partial charge is 0.507 e. The normalized spacial score (nSPS) is 10.3. The number of ether oxygens (including phenoxy) is 1. The van der Waals surface area contributed by atoms with Gasteiger partial charge in [-0.05, 0) is 49.2 Å². The first kappa shape index (κ1) is 15.4. The molecule has 2 N–H and O–H groups in total. The molecule has 110 valence electrons. The minimum Gasteiger partial charge on any atom is -0.507 e. The number of benzene rings is 2. The Labute approximate surface area is 131 Å². The van der Waals surface area contributed by atoms with Crippen molar-refractivity contribution in [1.82, 2.24) is 0 Å². The summed E-state index contributed by atoms with van der Waals surface area (Å²) in [5, 5.41) is 12.7. The highest BCUT2D eigenvalue weighted by molar-refractivity contribution is 9.10. The number of rotatable bonds is 3. The van der Waals surface area contributed by atoms with Crippen LogP contribution in [0, 0.1) is 13.8 Å². The molecule has 0 aliphatic rings. The molecule has 0 unspecified atom stereocenters. The summed E-state index contributed by atoms with van der Waals surface area (Å²) in [6, 6.07) is 8.31. The first-order valence-electron chi connectivity index (χ1n) is 6.37. The molecule has 0 radical (unpaired) electrons. The van der Waals surface area contributed by atoms with E-state index in [1.807, 2.05) is 26.0 Å². The Balaban J connectivity index is 2.26. The van der Waals surface area contributed by atoms with Crippen molar-refractivity contribution in [2.75, 3.05) is 12.4 Å². The Kier molecular flexibility index (Phi) is 4.53. The van der Waals surface area contributed by atoms with E-state index in [2.05, 4.69) is 21.2 Å². The van der Waals surface area contributed by atoms with E-state index in [4.69, 9.17) is 4.74 Å². The third-order valence-corrected chi connectivity index (χ3v) is 4.39. The molecule has 5 heteroatoms. The van der Waals surface area contributed by atoms with Gasteiger partial charge in [0.25, 0.3) is 5.91 Å². The van der Waals surface area contributed by atoms with Gasteiger partial charge in [0.2, 0.25) is 0 Å². The molecule has 2 aromatic carbocycles. The fraction of sp³-hybridized carbons (Fsp3) is 0.188. The third kappa shape index (κ3) is 3.36. The van der Waals surface area contributed by atoms with Gasteiger partial charge in [-0.25, -0.2) is 0 Å². The van der Waals surface area contributed by atoms with Crippen LogP contribution in [0.15, 0.2) is 34.8 Å². The average molecular weight is 350 g/mol. The predicted octanol–water partition coefficient (Wildman–Crippen LogP) is 4.03. The number of hydrogen-bond acceptors (Lipinski definition) is 3. The SMILES string of the molecule is COc1ccc(C(=O)Nc2cc(C)c(Br)c(C)c2)c(O)c1. The van der Waals surface area contributed by atoms with Crippen LogP contribution in [0.25, 0.3) is 0 Å². The topological polar surface area (TPSA) is 58.6 Å². The number of anilines is 1. The Bertz CT molecular complexity index is 675. The molecule has 0 bridgehead atoms. The van der Waals surface area contributed by atoms with Crippen molar-refractivity contribution in [1.29, 1.82) is 0 Å². The quantitative estimate of drug-likeness (QED) is 0.879. The lowest BCUT2D eigenvalue weighted by Crippen LogP contribution is -2.12. The maximum atomic E-state index is 12.2. The number of aryl methyl sites for hydroxylation is 2. The van der Waals surface area contributed by atoms with Crippen LogP contribution in [0.2, 0.25) is 0 Å². The molecule has 0 aliphatic heterocycles.